The summed E-state index contributed by atoms with van der Waals surface area (Å²) in [6, 6.07) is 0. The predicted octanol–water partition coefficient (Wildman–Crippen LogP) is 1.22. The summed E-state index contributed by atoms with van der Waals surface area (Å²) in [6.45, 7) is 8.02. The number of anilines is 1. The van der Waals surface area contributed by atoms with Crippen LogP contribution >= 0.6 is 0 Å². The number of hydrogen-bond donors (Lipinski definition) is 3. The third-order valence-corrected chi connectivity index (χ3v) is 1.98. The van der Waals surface area contributed by atoms with E-state index >= 15 is 0 Å². The Morgan fingerprint density at radius 1 is 1.47 bits per heavy atom. The van der Waals surface area contributed by atoms with Gasteiger partial charge >= 0.3 is 0 Å². The fourth-order valence-corrected chi connectivity index (χ4v) is 1.48. The molecule has 0 radical (unpaired) electrons. The van der Waals surface area contributed by atoms with Gasteiger partial charge in [0.1, 0.15) is 11.7 Å². The van der Waals surface area contributed by atoms with Crippen molar-refractivity contribution in [2.75, 3.05) is 5.32 Å². The molecule has 0 fully saturated rings. The monoisotopic (exact) mass is 209 g/mol. The van der Waals surface area contributed by atoms with Crippen molar-refractivity contribution in [3.8, 4) is 0 Å². The molecule has 4 N–H and O–H groups in total. The molecule has 0 saturated carbocycles. The number of rotatable bonds is 2. The molecule has 5 nitrogen and oxygen atoms in total. The van der Waals surface area contributed by atoms with Crippen LogP contribution < -0.4 is 11.1 Å². The van der Waals surface area contributed by atoms with Gasteiger partial charge in [-0.3, -0.25) is 10.1 Å². The standard InChI is InChI=1S/C10H19N5/c1-6-7(8(11)12)9(15(5)14-6)13-10(2,3)4/h13H,1-5H3,(H3,11,12). The molecule has 1 aromatic heterocycles. The summed E-state index contributed by atoms with van der Waals surface area (Å²) in [7, 11) is 1.84. The third kappa shape index (κ3) is 2.49. The Morgan fingerprint density at radius 2 is 2.00 bits per heavy atom. The van der Waals surface area contributed by atoms with Gasteiger partial charge in [-0.25, -0.2) is 0 Å². The molecule has 0 atom stereocenters. The van der Waals surface area contributed by atoms with Gasteiger partial charge < -0.3 is 11.1 Å². The van der Waals surface area contributed by atoms with Crippen LogP contribution in [0.3, 0.4) is 0 Å². The van der Waals surface area contributed by atoms with Crippen molar-refractivity contribution >= 4 is 11.7 Å². The number of aryl methyl sites for hydroxylation is 2. The molecule has 1 aromatic rings. The van der Waals surface area contributed by atoms with Crippen LogP contribution in [-0.2, 0) is 7.05 Å². The lowest BCUT2D eigenvalue weighted by atomic mass is 10.1. The van der Waals surface area contributed by atoms with E-state index in [1.54, 1.807) is 4.68 Å². The lowest BCUT2D eigenvalue weighted by molar-refractivity contribution is 0.616. The fourth-order valence-electron chi connectivity index (χ4n) is 1.48. The van der Waals surface area contributed by atoms with Crippen molar-refractivity contribution in [2.24, 2.45) is 12.8 Å². The molecule has 0 amide bonds. The number of amidine groups is 1. The van der Waals surface area contributed by atoms with E-state index in [2.05, 4.69) is 31.2 Å². The number of hydrogen-bond acceptors (Lipinski definition) is 3. The van der Waals surface area contributed by atoms with E-state index in [9.17, 15) is 0 Å². The molecule has 1 heterocycles. The van der Waals surface area contributed by atoms with Crippen LogP contribution in [0.1, 0.15) is 32.0 Å². The van der Waals surface area contributed by atoms with Crippen molar-refractivity contribution in [2.45, 2.75) is 33.2 Å². The molecule has 0 aromatic carbocycles. The first-order chi connectivity index (χ1) is 6.72. The summed E-state index contributed by atoms with van der Waals surface area (Å²) < 4.78 is 1.72. The van der Waals surface area contributed by atoms with Crippen LogP contribution in [0.25, 0.3) is 0 Å². The summed E-state index contributed by atoms with van der Waals surface area (Å²) in [5.41, 5.74) is 6.92. The minimum Gasteiger partial charge on any atom is -0.384 e. The largest absolute Gasteiger partial charge is 0.384 e. The van der Waals surface area contributed by atoms with Gasteiger partial charge in [-0.2, -0.15) is 5.10 Å². The maximum atomic E-state index is 7.52. The highest BCUT2D eigenvalue weighted by atomic mass is 15.3. The maximum absolute atomic E-state index is 7.52. The fraction of sp³-hybridized carbons (Fsp3) is 0.600. The van der Waals surface area contributed by atoms with E-state index in [1.165, 1.54) is 0 Å². The van der Waals surface area contributed by atoms with Gasteiger partial charge in [0.2, 0.25) is 0 Å². The Kier molecular flexibility index (Phi) is 2.75. The highest BCUT2D eigenvalue weighted by Crippen LogP contribution is 2.21. The number of nitrogens with zero attached hydrogens (tertiary/aromatic N) is 2. The molecule has 0 saturated heterocycles. The summed E-state index contributed by atoms with van der Waals surface area (Å²) >= 11 is 0. The smallest absolute Gasteiger partial charge is 0.135 e. The Morgan fingerprint density at radius 3 is 2.40 bits per heavy atom. The second-order valence-corrected chi connectivity index (χ2v) is 4.72. The number of nitrogen functional groups attached to an aromatic ring is 1. The molecule has 0 spiro atoms. The first kappa shape index (κ1) is 11.6. The Bertz CT molecular complexity index is 383. The third-order valence-electron chi connectivity index (χ3n) is 1.98. The van der Waals surface area contributed by atoms with Gasteiger partial charge in [-0.1, -0.05) is 0 Å². The van der Waals surface area contributed by atoms with Crippen LogP contribution in [0.2, 0.25) is 0 Å². The predicted molar refractivity (Wildman–Crippen MR) is 62.3 cm³/mol. The zero-order chi connectivity index (χ0) is 11.8. The highest BCUT2D eigenvalue weighted by molar-refractivity contribution is 6.00. The molecule has 0 aliphatic carbocycles. The van der Waals surface area contributed by atoms with E-state index in [0.717, 1.165) is 11.5 Å². The van der Waals surface area contributed by atoms with E-state index in [0.29, 0.717) is 5.56 Å². The SMILES string of the molecule is Cc1nn(C)c(NC(C)(C)C)c1C(=N)N. The van der Waals surface area contributed by atoms with Crippen molar-refractivity contribution in [1.29, 1.82) is 5.41 Å². The second kappa shape index (κ2) is 3.56. The van der Waals surface area contributed by atoms with Crippen LogP contribution in [0, 0.1) is 12.3 Å². The molecule has 0 unspecified atom stereocenters. The maximum Gasteiger partial charge on any atom is 0.135 e. The van der Waals surface area contributed by atoms with Crippen molar-refractivity contribution in [1.82, 2.24) is 9.78 Å². The molecular weight excluding hydrogens is 190 g/mol. The quantitative estimate of drug-likeness (QED) is 0.506. The normalized spacial score (nSPS) is 11.5. The van der Waals surface area contributed by atoms with Crippen LogP contribution in [0.5, 0.6) is 0 Å². The first-order valence-electron chi connectivity index (χ1n) is 4.88. The molecule has 1 rings (SSSR count). The molecule has 0 aliphatic rings. The number of nitrogens with one attached hydrogen (secondary N) is 2. The second-order valence-electron chi connectivity index (χ2n) is 4.72. The summed E-state index contributed by atoms with van der Waals surface area (Å²) in [6.07, 6.45) is 0. The Balaban J connectivity index is 3.21. The van der Waals surface area contributed by atoms with Gasteiger partial charge in [0.05, 0.1) is 11.3 Å². The first-order valence-corrected chi connectivity index (χ1v) is 4.88. The minimum atomic E-state index is -0.0789. The van der Waals surface area contributed by atoms with Gasteiger partial charge in [0, 0.05) is 12.6 Å². The van der Waals surface area contributed by atoms with Crippen molar-refractivity contribution < 1.29 is 0 Å². The van der Waals surface area contributed by atoms with Crippen LogP contribution in [0.4, 0.5) is 5.82 Å². The topological polar surface area (TPSA) is 79.7 Å². The average molecular weight is 209 g/mol. The molecular formula is C10H19N5. The highest BCUT2D eigenvalue weighted by Gasteiger charge is 2.19. The van der Waals surface area contributed by atoms with Gasteiger partial charge in [0.25, 0.3) is 0 Å². The molecule has 15 heavy (non-hydrogen) atoms. The summed E-state index contributed by atoms with van der Waals surface area (Å²) in [5.74, 6) is 0.847. The van der Waals surface area contributed by atoms with Crippen LogP contribution in [0.15, 0.2) is 0 Å². The van der Waals surface area contributed by atoms with E-state index in [-0.39, 0.29) is 11.4 Å². The zero-order valence-electron chi connectivity index (χ0n) is 9.97. The molecule has 84 valence electrons. The van der Waals surface area contributed by atoms with E-state index < -0.39 is 0 Å². The lowest BCUT2D eigenvalue weighted by Crippen LogP contribution is -2.29. The Labute approximate surface area is 90.2 Å². The van der Waals surface area contributed by atoms with Gasteiger partial charge in [-0.15, -0.1) is 0 Å². The lowest BCUT2D eigenvalue weighted by Gasteiger charge is -2.22. The molecule has 5 heteroatoms. The molecule has 0 bridgehead atoms. The van der Waals surface area contributed by atoms with Gasteiger partial charge in [-0.05, 0) is 27.7 Å². The van der Waals surface area contributed by atoms with Crippen LogP contribution in [-0.4, -0.2) is 21.2 Å². The average Bonchev–Trinajstić information content (AvgIpc) is 2.23. The number of aromatic nitrogens is 2. The van der Waals surface area contributed by atoms with E-state index in [4.69, 9.17) is 11.1 Å². The molecule has 0 aliphatic heterocycles. The minimum absolute atomic E-state index is 0.0485. The van der Waals surface area contributed by atoms with Crippen molar-refractivity contribution in [3.05, 3.63) is 11.3 Å². The van der Waals surface area contributed by atoms with E-state index in [1.807, 2.05) is 14.0 Å². The van der Waals surface area contributed by atoms with Gasteiger partial charge in [0.15, 0.2) is 0 Å². The van der Waals surface area contributed by atoms with Crippen molar-refractivity contribution in [3.63, 3.8) is 0 Å². The number of nitrogens with two attached hydrogens (primary N) is 1. The zero-order valence-corrected chi connectivity index (χ0v) is 9.97. The Hall–Kier alpha value is -1.52. The summed E-state index contributed by atoms with van der Waals surface area (Å²) in [4.78, 5) is 0. The summed E-state index contributed by atoms with van der Waals surface area (Å²) in [5, 5.41) is 15.1.